The maximum Gasteiger partial charge on any atom is 0.153 e. The van der Waals surface area contributed by atoms with Crippen LogP contribution in [0.25, 0.3) is 0 Å². The van der Waals surface area contributed by atoms with Crippen LogP contribution in [0.1, 0.15) is 52.4 Å². The summed E-state index contributed by atoms with van der Waals surface area (Å²) in [7, 11) is 0. The summed E-state index contributed by atoms with van der Waals surface area (Å²) in [6.07, 6.45) is 4.44. The Morgan fingerprint density at radius 3 is 2.47 bits per heavy atom. The number of ether oxygens (including phenoxy) is 1. The molecule has 2 aliphatic rings. The third-order valence-electron chi connectivity index (χ3n) is 5.91. The van der Waals surface area contributed by atoms with E-state index in [9.17, 15) is 9.59 Å². The summed E-state index contributed by atoms with van der Waals surface area (Å²) in [4.78, 5) is 31.4. The van der Waals surface area contributed by atoms with Crippen LogP contribution in [0.2, 0.25) is 5.02 Å². The molecule has 2 unspecified atom stereocenters. The van der Waals surface area contributed by atoms with Crippen molar-refractivity contribution in [1.29, 1.82) is 0 Å². The fraction of sp³-hybridized carbons (Fsp3) is 0.625. The van der Waals surface area contributed by atoms with Crippen LogP contribution in [0.5, 0.6) is 5.75 Å². The van der Waals surface area contributed by atoms with Crippen molar-refractivity contribution in [2.45, 2.75) is 58.5 Å². The quantitative estimate of drug-likeness (QED) is 0.199. The minimum Gasteiger partial charge on any atom is -0.487 e. The molecule has 1 aliphatic heterocycles. The molecule has 8 heteroatoms. The van der Waals surface area contributed by atoms with E-state index < -0.39 is 5.92 Å². The van der Waals surface area contributed by atoms with Crippen LogP contribution in [-0.2, 0) is 14.4 Å². The van der Waals surface area contributed by atoms with Gasteiger partial charge in [-0.05, 0) is 73.8 Å². The molecule has 3 rings (SSSR count). The van der Waals surface area contributed by atoms with Gasteiger partial charge >= 0.3 is 0 Å². The second-order valence-electron chi connectivity index (χ2n) is 8.52. The number of hydrogen-bond acceptors (Lipinski definition) is 6. The van der Waals surface area contributed by atoms with Crippen LogP contribution in [0.4, 0.5) is 0 Å². The molecular formula is C24H32CaClNO4S. The molecule has 172 valence electrons. The largest absolute Gasteiger partial charge is 0.487 e. The molecule has 0 amide bonds. The number of halogens is 1. The van der Waals surface area contributed by atoms with Gasteiger partial charge in [0.15, 0.2) is 6.61 Å². The number of nitrogens with zero attached hydrogens (tertiary/aromatic N) is 1. The van der Waals surface area contributed by atoms with Crippen molar-refractivity contribution in [3.63, 3.8) is 0 Å². The van der Waals surface area contributed by atoms with Gasteiger partial charge in [-0.15, -0.1) is 0 Å². The molecule has 0 spiro atoms. The van der Waals surface area contributed by atoms with Crippen LogP contribution in [0, 0.1) is 17.8 Å². The number of rotatable bonds is 9. The van der Waals surface area contributed by atoms with E-state index in [1.54, 1.807) is 24.3 Å². The van der Waals surface area contributed by atoms with Gasteiger partial charge in [0.2, 0.25) is 0 Å². The van der Waals surface area contributed by atoms with Crippen LogP contribution >= 0.6 is 23.4 Å². The van der Waals surface area contributed by atoms with Crippen molar-refractivity contribution in [2.75, 3.05) is 18.1 Å². The van der Waals surface area contributed by atoms with Gasteiger partial charge in [-0.1, -0.05) is 30.1 Å². The van der Waals surface area contributed by atoms with Gasteiger partial charge in [0.25, 0.3) is 0 Å². The van der Waals surface area contributed by atoms with E-state index in [0.29, 0.717) is 41.7 Å². The number of ketones is 2. The van der Waals surface area contributed by atoms with Crippen LogP contribution < -0.4 is 4.74 Å². The summed E-state index contributed by atoms with van der Waals surface area (Å²) >= 11 is 7.84. The summed E-state index contributed by atoms with van der Waals surface area (Å²) in [5.41, 5.74) is 0.563. The van der Waals surface area contributed by atoms with Crippen molar-refractivity contribution in [3.8, 4) is 5.75 Å². The monoisotopic (exact) mass is 505 g/mol. The molecule has 0 N–H and O–H groups in total. The van der Waals surface area contributed by atoms with Gasteiger partial charge < -0.3 is 9.57 Å². The molecule has 2 radical (unpaired) electrons. The predicted molar refractivity (Wildman–Crippen MR) is 132 cm³/mol. The third kappa shape index (κ3) is 8.19. The first-order valence-corrected chi connectivity index (χ1v) is 12.7. The summed E-state index contributed by atoms with van der Waals surface area (Å²) in [5.74, 6) is 2.93. The smallest absolute Gasteiger partial charge is 0.153 e. The normalized spacial score (nSPS) is 25.1. The van der Waals surface area contributed by atoms with E-state index in [0.717, 1.165) is 18.6 Å². The maximum absolute atomic E-state index is 12.9. The van der Waals surface area contributed by atoms with Crippen molar-refractivity contribution in [2.24, 2.45) is 22.9 Å². The summed E-state index contributed by atoms with van der Waals surface area (Å²) in [6, 6.07) is 7.12. The van der Waals surface area contributed by atoms with Gasteiger partial charge in [0, 0.05) is 55.6 Å². The average molecular weight is 506 g/mol. The zero-order valence-corrected chi connectivity index (χ0v) is 22.8. The molecule has 5 nitrogen and oxygen atoms in total. The molecule has 0 aromatic heterocycles. The fourth-order valence-electron chi connectivity index (χ4n) is 4.35. The number of thioether (sulfide) groups is 1. The molecular weight excluding hydrogens is 474 g/mol. The zero-order chi connectivity index (χ0) is 22.2. The Hall–Kier alpha value is -0.270. The summed E-state index contributed by atoms with van der Waals surface area (Å²) < 4.78 is 5.79. The number of hydrogen-bond donors (Lipinski definition) is 0. The summed E-state index contributed by atoms with van der Waals surface area (Å²) in [6.45, 7) is 4.13. The van der Waals surface area contributed by atoms with E-state index in [1.807, 2.05) is 25.6 Å². The number of oxime groups is 1. The molecule has 0 bridgehead atoms. The van der Waals surface area contributed by atoms with E-state index >= 15 is 0 Å². The standard InChI is InChI=1S/C24H32ClNO4S.Ca/c1-3-5-21(26-29-14-16(2)30-20-9-7-19(25)8-10-20)24-22(27)12-18(13-23(24)28)17-6-4-11-31-15-17;/h7-10,16-18,24H,3-6,11-15H2,1-2H3;. The number of benzene rings is 1. The van der Waals surface area contributed by atoms with Crippen molar-refractivity contribution in [1.82, 2.24) is 0 Å². The van der Waals surface area contributed by atoms with Gasteiger partial charge in [0.1, 0.15) is 29.3 Å². The van der Waals surface area contributed by atoms with Gasteiger partial charge in [0.05, 0.1) is 5.71 Å². The van der Waals surface area contributed by atoms with Crippen LogP contribution in [-0.4, -0.2) is 79.2 Å². The first-order chi connectivity index (χ1) is 15.0. The van der Waals surface area contributed by atoms with Crippen LogP contribution in [0.15, 0.2) is 29.4 Å². The van der Waals surface area contributed by atoms with Crippen molar-refractivity contribution >= 4 is 78.4 Å². The molecule has 32 heavy (non-hydrogen) atoms. The molecule has 1 saturated heterocycles. The molecule has 2 fully saturated rings. The maximum atomic E-state index is 12.9. The Labute approximate surface area is 230 Å². The molecule has 1 aromatic carbocycles. The fourth-order valence-corrected chi connectivity index (χ4v) is 5.76. The van der Waals surface area contributed by atoms with E-state index in [4.69, 9.17) is 21.2 Å². The Morgan fingerprint density at radius 2 is 1.88 bits per heavy atom. The third-order valence-corrected chi connectivity index (χ3v) is 7.41. The summed E-state index contributed by atoms with van der Waals surface area (Å²) in [5, 5.41) is 4.89. The molecule has 1 heterocycles. The van der Waals surface area contributed by atoms with Crippen LogP contribution in [0.3, 0.4) is 0 Å². The van der Waals surface area contributed by atoms with Gasteiger partial charge in [-0.3, -0.25) is 9.59 Å². The minimum atomic E-state index is -0.736. The van der Waals surface area contributed by atoms with E-state index in [1.165, 1.54) is 12.2 Å². The second-order valence-corrected chi connectivity index (χ2v) is 10.1. The Balaban J connectivity index is 0.00000363. The molecule has 1 aromatic rings. The van der Waals surface area contributed by atoms with E-state index in [2.05, 4.69) is 5.16 Å². The van der Waals surface area contributed by atoms with Crippen molar-refractivity contribution < 1.29 is 19.2 Å². The van der Waals surface area contributed by atoms with Gasteiger partial charge in [-0.2, -0.15) is 11.8 Å². The molecule has 1 saturated carbocycles. The number of carbonyl (C=O) groups is 2. The molecule has 1 aliphatic carbocycles. The first kappa shape index (κ1) is 28.0. The van der Waals surface area contributed by atoms with Gasteiger partial charge in [-0.25, -0.2) is 0 Å². The first-order valence-electron chi connectivity index (χ1n) is 11.2. The van der Waals surface area contributed by atoms with E-state index in [-0.39, 0.29) is 67.9 Å². The molecule has 2 atom stereocenters. The average Bonchev–Trinajstić information content (AvgIpc) is 2.75. The van der Waals surface area contributed by atoms with Crippen molar-refractivity contribution in [3.05, 3.63) is 29.3 Å². The topological polar surface area (TPSA) is 65.0 Å². The predicted octanol–water partition coefficient (Wildman–Crippen LogP) is 5.21. The zero-order valence-electron chi connectivity index (χ0n) is 19.1. The SMILES string of the molecule is CCCC(=NOCC(C)Oc1ccc(Cl)cc1)C1C(=O)CC(C2CCCSC2)CC1=O.[Ca]. The minimum absolute atomic E-state index is 0. The number of Topliss-reactive ketones (excluding diaryl/α,β-unsaturated/α-hetero) is 2. The second kappa shape index (κ2) is 14.2. The Kier molecular flexibility index (Phi) is 12.4. The number of carbonyl (C=O) groups excluding carboxylic acids is 2. The Morgan fingerprint density at radius 1 is 1.19 bits per heavy atom. The Bertz CT molecular complexity index is 765.